The Morgan fingerprint density at radius 2 is 1.81 bits per heavy atom. The Morgan fingerprint density at radius 1 is 1.24 bits per heavy atom. The van der Waals surface area contributed by atoms with Crippen molar-refractivity contribution in [2.24, 2.45) is 11.5 Å². The van der Waals surface area contributed by atoms with Crippen molar-refractivity contribution >= 4 is 24.2 Å². The van der Waals surface area contributed by atoms with Gasteiger partial charge in [0.05, 0.1) is 13.0 Å². The van der Waals surface area contributed by atoms with Crippen molar-refractivity contribution in [2.75, 3.05) is 13.2 Å². The van der Waals surface area contributed by atoms with Crippen LogP contribution < -0.4 is 21.5 Å². The van der Waals surface area contributed by atoms with E-state index in [1.165, 1.54) is 0 Å². The van der Waals surface area contributed by atoms with E-state index in [0.29, 0.717) is 17.9 Å². The minimum atomic E-state index is -0.486. The Labute approximate surface area is 130 Å². The topological polar surface area (TPSA) is 107 Å². The number of halogens is 1. The second kappa shape index (κ2) is 8.49. The summed E-state index contributed by atoms with van der Waals surface area (Å²) in [6.07, 6.45) is 0.244. The third-order valence-electron chi connectivity index (χ3n) is 2.48. The molecule has 0 fully saturated rings. The molecule has 118 valence electrons. The molecule has 7 heteroatoms. The molecule has 0 saturated heterocycles. The molecular weight excluding hydrogens is 294 g/mol. The van der Waals surface area contributed by atoms with Crippen LogP contribution in [0.25, 0.3) is 0 Å². The molecule has 1 aromatic carbocycles. The number of nitrogens with two attached hydrogens (primary N) is 2. The van der Waals surface area contributed by atoms with E-state index >= 15 is 0 Å². The van der Waals surface area contributed by atoms with Gasteiger partial charge in [-0.1, -0.05) is 0 Å². The van der Waals surface area contributed by atoms with Gasteiger partial charge < -0.3 is 21.5 Å². The number of hydrogen-bond donors (Lipinski definition) is 3. The molecule has 0 radical (unpaired) electrons. The lowest BCUT2D eigenvalue weighted by molar-refractivity contribution is -0.121. The maximum absolute atomic E-state index is 11.5. The average Bonchev–Trinajstić information content (AvgIpc) is 2.36. The van der Waals surface area contributed by atoms with Crippen molar-refractivity contribution in [1.82, 2.24) is 5.32 Å². The molecule has 1 rings (SSSR count). The first-order valence-electron chi connectivity index (χ1n) is 6.36. The molecule has 1 aromatic rings. The predicted molar refractivity (Wildman–Crippen MR) is 83.6 cm³/mol. The van der Waals surface area contributed by atoms with Gasteiger partial charge in [-0.25, -0.2) is 0 Å². The highest BCUT2D eigenvalue weighted by molar-refractivity contribution is 5.92. The summed E-state index contributed by atoms with van der Waals surface area (Å²) in [6, 6.07) is 6.44. The molecule has 6 nitrogen and oxygen atoms in total. The summed E-state index contributed by atoms with van der Waals surface area (Å²) < 4.78 is 5.40. The number of rotatable bonds is 7. The second-order valence-corrected chi connectivity index (χ2v) is 5.25. The van der Waals surface area contributed by atoms with Crippen LogP contribution >= 0.6 is 12.4 Å². The number of primary amides is 1. The van der Waals surface area contributed by atoms with Gasteiger partial charge in [0.2, 0.25) is 11.8 Å². The average molecular weight is 316 g/mol. The molecule has 21 heavy (non-hydrogen) atoms. The Bertz CT molecular complexity index is 469. The fraction of sp³-hybridized carbons (Fsp3) is 0.429. The molecule has 0 aliphatic rings. The van der Waals surface area contributed by atoms with Gasteiger partial charge in [-0.3, -0.25) is 9.59 Å². The van der Waals surface area contributed by atoms with Crippen LogP contribution in [0.5, 0.6) is 5.75 Å². The van der Waals surface area contributed by atoms with Crippen molar-refractivity contribution in [1.29, 1.82) is 0 Å². The van der Waals surface area contributed by atoms with E-state index < -0.39 is 11.4 Å². The highest BCUT2D eigenvalue weighted by Crippen LogP contribution is 2.11. The maximum atomic E-state index is 11.5. The summed E-state index contributed by atoms with van der Waals surface area (Å²) in [5.74, 6) is -0.0143. The van der Waals surface area contributed by atoms with E-state index in [9.17, 15) is 9.59 Å². The minimum absolute atomic E-state index is 0. The highest BCUT2D eigenvalue weighted by atomic mass is 35.5. The van der Waals surface area contributed by atoms with Gasteiger partial charge in [0, 0.05) is 17.6 Å². The van der Waals surface area contributed by atoms with Gasteiger partial charge in [-0.2, -0.15) is 0 Å². The number of ether oxygens (including phenoxy) is 1. The fourth-order valence-corrected chi connectivity index (χ4v) is 1.39. The van der Waals surface area contributed by atoms with E-state index in [4.69, 9.17) is 16.2 Å². The zero-order valence-corrected chi connectivity index (χ0v) is 13.0. The van der Waals surface area contributed by atoms with Crippen LogP contribution in [-0.2, 0) is 4.79 Å². The summed E-state index contributed by atoms with van der Waals surface area (Å²) in [6.45, 7) is 4.35. The monoisotopic (exact) mass is 315 g/mol. The van der Waals surface area contributed by atoms with Crippen LogP contribution in [0.1, 0.15) is 30.6 Å². The lowest BCUT2D eigenvalue weighted by Crippen LogP contribution is -2.45. The first kappa shape index (κ1) is 19.2. The van der Waals surface area contributed by atoms with Crippen molar-refractivity contribution < 1.29 is 14.3 Å². The molecule has 0 aliphatic heterocycles. The molecular formula is C14H22ClN3O3. The Hall–Kier alpha value is -1.79. The van der Waals surface area contributed by atoms with Gasteiger partial charge in [0.15, 0.2) is 0 Å². The van der Waals surface area contributed by atoms with Crippen LogP contribution in [0.15, 0.2) is 24.3 Å². The lowest BCUT2D eigenvalue weighted by Gasteiger charge is -2.18. The molecule has 0 heterocycles. The summed E-state index contributed by atoms with van der Waals surface area (Å²) in [4.78, 5) is 22.4. The first-order valence-corrected chi connectivity index (χ1v) is 6.36. The van der Waals surface area contributed by atoms with Crippen LogP contribution in [0.3, 0.4) is 0 Å². The van der Waals surface area contributed by atoms with Crippen LogP contribution in [0.2, 0.25) is 0 Å². The number of amides is 2. The lowest BCUT2D eigenvalue weighted by atomic mass is 10.1. The summed E-state index contributed by atoms with van der Waals surface area (Å²) >= 11 is 0. The van der Waals surface area contributed by atoms with Gasteiger partial charge in [-0.15, -0.1) is 12.4 Å². The Balaban J connectivity index is 0.00000400. The van der Waals surface area contributed by atoms with E-state index in [0.717, 1.165) is 0 Å². The molecule has 0 aliphatic carbocycles. The number of carbonyl (C=O) groups is 2. The normalized spacial score (nSPS) is 10.4. The fourth-order valence-electron chi connectivity index (χ4n) is 1.39. The molecule has 2 amide bonds. The van der Waals surface area contributed by atoms with E-state index in [-0.39, 0.29) is 31.3 Å². The zero-order valence-electron chi connectivity index (χ0n) is 12.2. The number of benzene rings is 1. The van der Waals surface area contributed by atoms with E-state index in [1.807, 2.05) is 13.8 Å². The first-order chi connectivity index (χ1) is 9.28. The number of hydrogen-bond acceptors (Lipinski definition) is 4. The van der Waals surface area contributed by atoms with Crippen LogP contribution in [-0.4, -0.2) is 30.5 Å². The molecule has 0 spiro atoms. The van der Waals surface area contributed by atoms with E-state index in [2.05, 4.69) is 5.32 Å². The molecule has 0 unspecified atom stereocenters. The molecule has 0 bridgehead atoms. The van der Waals surface area contributed by atoms with Crippen molar-refractivity contribution in [3.63, 3.8) is 0 Å². The minimum Gasteiger partial charge on any atom is -0.493 e. The Morgan fingerprint density at radius 3 is 2.29 bits per heavy atom. The maximum Gasteiger partial charge on any atom is 0.248 e. The molecule has 5 N–H and O–H groups in total. The summed E-state index contributed by atoms with van der Waals surface area (Å²) in [7, 11) is 0. The van der Waals surface area contributed by atoms with Crippen molar-refractivity contribution in [3.8, 4) is 5.75 Å². The largest absolute Gasteiger partial charge is 0.493 e. The summed E-state index contributed by atoms with van der Waals surface area (Å²) in [5.41, 5.74) is 10.9. The zero-order chi connectivity index (χ0) is 15.2. The third-order valence-corrected chi connectivity index (χ3v) is 2.48. The quantitative estimate of drug-likeness (QED) is 0.692. The van der Waals surface area contributed by atoms with Gasteiger partial charge >= 0.3 is 0 Å². The van der Waals surface area contributed by atoms with E-state index in [1.54, 1.807) is 24.3 Å². The summed E-state index contributed by atoms with van der Waals surface area (Å²) in [5, 5.41) is 2.73. The SMILES string of the molecule is CC(C)(N)CNC(=O)CCOc1ccc(C(N)=O)cc1.Cl. The molecule has 0 saturated carbocycles. The predicted octanol–water partition coefficient (Wildman–Crippen LogP) is 0.830. The van der Waals surface area contributed by atoms with Crippen molar-refractivity contribution in [3.05, 3.63) is 29.8 Å². The van der Waals surface area contributed by atoms with Crippen molar-refractivity contribution in [2.45, 2.75) is 25.8 Å². The highest BCUT2D eigenvalue weighted by Gasteiger charge is 2.12. The second-order valence-electron chi connectivity index (χ2n) is 5.25. The smallest absolute Gasteiger partial charge is 0.248 e. The third kappa shape index (κ3) is 8.16. The standard InChI is InChI=1S/C14H21N3O3.ClH/c1-14(2,16)9-17-12(18)7-8-20-11-5-3-10(4-6-11)13(15)19;/h3-6H,7-9,16H2,1-2H3,(H2,15,19)(H,17,18);1H. The number of nitrogens with one attached hydrogen (secondary N) is 1. The van der Waals surface area contributed by atoms with Gasteiger partial charge in [0.25, 0.3) is 0 Å². The van der Waals surface area contributed by atoms with Gasteiger partial charge in [0.1, 0.15) is 5.75 Å². The van der Waals surface area contributed by atoms with Crippen LogP contribution in [0.4, 0.5) is 0 Å². The van der Waals surface area contributed by atoms with Gasteiger partial charge in [-0.05, 0) is 38.1 Å². The molecule has 0 aromatic heterocycles. The van der Waals surface area contributed by atoms with Crippen LogP contribution in [0, 0.1) is 0 Å². The Kier molecular flexibility index (Phi) is 7.76. The number of carbonyl (C=O) groups excluding carboxylic acids is 2. The molecule has 0 atom stereocenters.